The van der Waals surface area contributed by atoms with E-state index in [9.17, 15) is 9.90 Å². The van der Waals surface area contributed by atoms with Crippen molar-refractivity contribution < 1.29 is 14.6 Å². The Balaban J connectivity index is 1.77. The number of aromatic amines is 1. The van der Waals surface area contributed by atoms with Gasteiger partial charge in [0, 0.05) is 17.6 Å². The fourth-order valence-corrected chi connectivity index (χ4v) is 5.48. The zero-order valence-electron chi connectivity index (χ0n) is 15.1. The first-order valence-electron chi connectivity index (χ1n) is 8.91. The van der Waals surface area contributed by atoms with Gasteiger partial charge in [-0.3, -0.25) is 9.78 Å². The summed E-state index contributed by atoms with van der Waals surface area (Å²) in [6.07, 6.45) is 3.43. The summed E-state index contributed by atoms with van der Waals surface area (Å²) < 4.78 is 5.29. The Hall–Kier alpha value is -2.38. The van der Waals surface area contributed by atoms with E-state index in [1.807, 2.05) is 36.4 Å². The first kappa shape index (κ1) is 18.0. The lowest BCUT2D eigenvalue weighted by molar-refractivity contribution is -0.156. The predicted octanol–water partition coefficient (Wildman–Crippen LogP) is 3.42. The number of nitrogens with one attached hydrogen (secondary N) is 1. The summed E-state index contributed by atoms with van der Waals surface area (Å²) in [5.41, 5.74) is 1.30. The van der Waals surface area contributed by atoms with Gasteiger partial charge in [0.2, 0.25) is 0 Å². The van der Waals surface area contributed by atoms with Crippen molar-refractivity contribution >= 4 is 28.8 Å². The number of thioether (sulfide) groups is 1. The monoisotopic (exact) mass is 383 g/mol. The van der Waals surface area contributed by atoms with Gasteiger partial charge >= 0.3 is 5.97 Å². The molecule has 4 unspecified atom stereocenters. The second-order valence-corrected chi connectivity index (χ2v) is 8.07. The van der Waals surface area contributed by atoms with Crippen LogP contribution in [-0.2, 0) is 9.53 Å². The lowest BCUT2D eigenvalue weighted by atomic mass is 9.82. The van der Waals surface area contributed by atoms with E-state index >= 15 is 0 Å². The molecule has 2 aromatic heterocycles. The van der Waals surface area contributed by atoms with E-state index in [0.717, 1.165) is 16.6 Å². The number of carbonyl (C=O) groups excluding carboxylic acids is 1. The van der Waals surface area contributed by atoms with Crippen molar-refractivity contribution in [3.8, 4) is 0 Å². The molecular formula is C20H21N3O3S. The highest BCUT2D eigenvalue weighted by atomic mass is 32.2. The Morgan fingerprint density at radius 2 is 2.15 bits per heavy atom. The van der Waals surface area contributed by atoms with Crippen LogP contribution in [0.25, 0.3) is 11.0 Å². The molecule has 0 amide bonds. The Bertz CT molecular complexity index is 924. The average molecular weight is 383 g/mol. The number of para-hydroxylation sites is 2. The fourth-order valence-electron chi connectivity index (χ4n) is 3.68. The highest BCUT2D eigenvalue weighted by Gasteiger charge is 2.58. The zero-order valence-corrected chi connectivity index (χ0v) is 15.9. The highest BCUT2D eigenvalue weighted by molar-refractivity contribution is 8.00. The van der Waals surface area contributed by atoms with E-state index < -0.39 is 22.7 Å². The first-order valence-corrected chi connectivity index (χ1v) is 9.85. The van der Waals surface area contributed by atoms with Gasteiger partial charge in [-0.15, -0.1) is 11.8 Å². The van der Waals surface area contributed by atoms with Crippen LogP contribution in [0.1, 0.15) is 35.7 Å². The summed E-state index contributed by atoms with van der Waals surface area (Å²) in [4.78, 5) is 24.9. The number of nitrogens with zero attached hydrogens (tertiary/aromatic N) is 2. The van der Waals surface area contributed by atoms with Gasteiger partial charge in [0.05, 0.1) is 28.5 Å². The van der Waals surface area contributed by atoms with Crippen LogP contribution in [-0.4, -0.2) is 38.2 Å². The summed E-state index contributed by atoms with van der Waals surface area (Å²) in [7, 11) is 0. The molecule has 4 atom stereocenters. The number of pyridine rings is 1. The average Bonchev–Trinajstić information content (AvgIpc) is 3.20. The largest absolute Gasteiger partial charge is 0.466 e. The number of fused-ring (bicyclic) bond motifs is 1. The molecule has 1 fully saturated rings. The van der Waals surface area contributed by atoms with Crippen molar-refractivity contribution in [2.45, 2.75) is 29.9 Å². The number of hydrogen-bond donors (Lipinski definition) is 2. The van der Waals surface area contributed by atoms with Crippen molar-refractivity contribution in [3.05, 3.63) is 60.2 Å². The van der Waals surface area contributed by atoms with Gasteiger partial charge in [-0.2, -0.15) is 0 Å². The maximum absolute atomic E-state index is 12.7. The Morgan fingerprint density at radius 1 is 1.33 bits per heavy atom. The highest BCUT2D eigenvalue weighted by Crippen LogP contribution is 2.61. The van der Waals surface area contributed by atoms with Crippen LogP contribution in [0.2, 0.25) is 0 Å². The van der Waals surface area contributed by atoms with Crippen molar-refractivity contribution in [3.63, 3.8) is 0 Å². The molecule has 3 aromatic rings. The second-order valence-electron chi connectivity index (χ2n) is 6.82. The van der Waals surface area contributed by atoms with Gasteiger partial charge in [-0.25, -0.2) is 4.98 Å². The number of benzene rings is 1. The number of H-pyrrole nitrogens is 1. The maximum Gasteiger partial charge on any atom is 0.313 e. The van der Waals surface area contributed by atoms with Crippen LogP contribution in [0.4, 0.5) is 0 Å². The number of hydrogen-bond acceptors (Lipinski definition) is 6. The molecule has 2 N–H and O–H groups in total. The van der Waals surface area contributed by atoms with E-state index in [1.165, 1.54) is 11.8 Å². The number of rotatable bonds is 4. The van der Waals surface area contributed by atoms with Gasteiger partial charge in [0.15, 0.2) is 0 Å². The van der Waals surface area contributed by atoms with E-state index in [0.29, 0.717) is 5.82 Å². The van der Waals surface area contributed by atoms with Crippen LogP contribution in [0, 0.1) is 5.92 Å². The van der Waals surface area contributed by atoms with Crippen molar-refractivity contribution in [2.75, 3.05) is 6.61 Å². The smallest absolute Gasteiger partial charge is 0.313 e. The molecule has 0 saturated carbocycles. The second kappa shape index (κ2) is 6.98. The Kier molecular flexibility index (Phi) is 4.65. The fraction of sp³-hybridized carbons (Fsp3) is 0.350. The van der Waals surface area contributed by atoms with Crippen LogP contribution < -0.4 is 0 Å². The van der Waals surface area contributed by atoms with E-state index in [2.05, 4.69) is 15.0 Å². The normalized spacial score (nSPS) is 27.7. The first-order chi connectivity index (χ1) is 13.0. The molecule has 1 saturated heterocycles. The molecule has 0 spiro atoms. The summed E-state index contributed by atoms with van der Waals surface area (Å²) in [5, 5.41) is 10.7. The molecule has 0 radical (unpaired) electrons. The van der Waals surface area contributed by atoms with Crippen LogP contribution in [0.3, 0.4) is 0 Å². The number of aromatic nitrogens is 3. The maximum atomic E-state index is 12.7. The van der Waals surface area contributed by atoms with Crippen molar-refractivity contribution in [2.24, 2.45) is 5.92 Å². The molecule has 0 aliphatic carbocycles. The molecule has 1 aromatic carbocycles. The van der Waals surface area contributed by atoms with Crippen LogP contribution in [0.5, 0.6) is 0 Å². The van der Waals surface area contributed by atoms with E-state index in [-0.39, 0.29) is 11.9 Å². The lowest BCUT2D eigenvalue weighted by Crippen LogP contribution is -2.41. The summed E-state index contributed by atoms with van der Waals surface area (Å²) in [6.45, 7) is 3.73. The third-order valence-corrected chi connectivity index (χ3v) is 6.77. The Labute approximate surface area is 161 Å². The summed E-state index contributed by atoms with van der Waals surface area (Å²) in [6, 6.07) is 11.5. The number of esters is 1. The molecule has 27 heavy (non-hydrogen) atoms. The predicted molar refractivity (Wildman–Crippen MR) is 104 cm³/mol. The standard InChI is InChI=1S/C20H21N3O3S/c1-3-26-19(24)15-16(12-7-6-10-21-11-12)27-17(20(15,2)25)18-22-13-8-4-5-9-14(13)23-18/h4-11,15-17,25H,3H2,1-2H3,(H,22,23). The summed E-state index contributed by atoms with van der Waals surface area (Å²) in [5.74, 6) is -0.459. The summed E-state index contributed by atoms with van der Waals surface area (Å²) >= 11 is 1.52. The zero-order chi connectivity index (χ0) is 19.0. The van der Waals surface area contributed by atoms with E-state index in [1.54, 1.807) is 26.2 Å². The van der Waals surface area contributed by atoms with Gasteiger partial charge in [-0.05, 0) is 37.6 Å². The van der Waals surface area contributed by atoms with E-state index in [4.69, 9.17) is 4.74 Å². The topological polar surface area (TPSA) is 88.1 Å². The minimum Gasteiger partial charge on any atom is -0.466 e. The van der Waals surface area contributed by atoms with Crippen LogP contribution >= 0.6 is 11.8 Å². The molecule has 0 bridgehead atoms. The molecule has 7 heteroatoms. The third-order valence-electron chi connectivity index (χ3n) is 4.96. The molecule has 6 nitrogen and oxygen atoms in total. The minimum absolute atomic E-state index is 0.269. The number of carbonyl (C=O) groups is 1. The molecule has 1 aliphatic heterocycles. The van der Waals surface area contributed by atoms with Gasteiger partial charge in [0.25, 0.3) is 0 Å². The molecular weight excluding hydrogens is 362 g/mol. The van der Waals surface area contributed by atoms with Crippen molar-refractivity contribution in [1.29, 1.82) is 0 Å². The van der Waals surface area contributed by atoms with Gasteiger partial charge in [0.1, 0.15) is 11.7 Å². The van der Waals surface area contributed by atoms with Crippen molar-refractivity contribution in [1.82, 2.24) is 15.0 Å². The molecule has 3 heterocycles. The minimum atomic E-state index is -1.33. The molecule has 1 aliphatic rings. The SMILES string of the molecule is CCOC(=O)C1C(c2cccnc2)SC(c2nc3ccccc3[nH]2)C1(C)O. The number of imidazole rings is 1. The molecule has 140 valence electrons. The Morgan fingerprint density at radius 3 is 2.85 bits per heavy atom. The lowest BCUT2D eigenvalue weighted by Gasteiger charge is -2.29. The molecule has 4 rings (SSSR count). The van der Waals surface area contributed by atoms with Crippen LogP contribution in [0.15, 0.2) is 48.8 Å². The van der Waals surface area contributed by atoms with Gasteiger partial charge < -0.3 is 14.8 Å². The number of ether oxygens (including phenoxy) is 1. The third kappa shape index (κ3) is 3.11. The van der Waals surface area contributed by atoms with Gasteiger partial charge in [-0.1, -0.05) is 18.2 Å². The number of aliphatic hydroxyl groups is 1. The quantitative estimate of drug-likeness (QED) is 0.671.